The lowest BCUT2D eigenvalue weighted by Gasteiger charge is -2.35. The monoisotopic (exact) mass is 781 g/mol. The molecule has 3 heterocycles. The van der Waals surface area contributed by atoms with Gasteiger partial charge < -0.3 is 13.6 Å². The van der Waals surface area contributed by atoms with Gasteiger partial charge in [-0.05, 0) is 81.4 Å². The van der Waals surface area contributed by atoms with Gasteiger partial charge in [-0.1, -0.05) is 152 Å². The molecule has 0 N–H and O–H groups in total. The first-order valence-electron chi connectivity index (χ1n) is 20.3. The number of rotatable bonds is 6. The third-order valence-corrected chi connectivity index (χ3v) is 17.3. The van der Waals surface area contributed by atoms with Gasteiger partial charge in [-0.2, -0.15) is 5.26 Å². The minimum absolute atomic E-state index is 0.637. The number of furan rings is 1. The van der Waals surface area contributed by atoms with E-state index in [0.29, 0.717) is 5.56 Å². The third-order valence-electron chi connectivity index (χ3n) is 12.5. The summed E-state index contributed by atoms with van der Waals surface area (Å²) in [6.45, 7) is 0. The van der Waals surface area contributed by atoms with Gasteiger partial charge in [0.25, 0.3) is 0 Å². The molecule has 0 spiro atoms. The minimum Gasteiger partial charge on any atom is -0.456 e. The Morgan fingerprint density at radius 3 is 1.60 bits per heavy atom. The van der Waals surface area contributed by atoms with Crippen LogP contribution in [0.4, 0.5) is 0 Å². The molecule has 4 nitrogen and oxygen atoms in total. The lowest BCUT2D eigenvalue weighted by atomic mass is 10.1. The summed E-state index contributed by atoms with van der Waals surface area (Å²) in [7, 11) is -3.10. The number of fused-ring (bicyclic) bond motifs is 10. The van der Waals surface area contributed by atoms with Crippen LogP contribution in [0.5, 0.6) is 0 Å². The van der Waals surface area contributed by atoms with Gasteiger partial charge in [-0.3, -0.25) is 0 Å². The van der Waals surface area contributed by atoms with Crippen molar-refractivity contribution in [3.05, 3.63) is 218 Å². The summed E-state index contributed by atoms with van der Waals surface area (Å²) in [5.74, 6) is 0. The Bertz CT molecular complexity index is 3590. The summed E-state index contributed by atoms with van der Waals surface area (Å²) in [6, 6.07) is 78.7. The second-order valence-electron chi connectivity index (χ2n) is 15.5. The Kier molecular flexibility index (Phi) is 7.58. The Balaban J connectivity index is 1.14. The lowest BCUT2D eigenvalue weighted by molar-refractivity contribution is 0.669. The van der Waals surface area contributed by atoms with Crippen LogP contribution < -0.4 is 20.7 Å². The molecule has 0 atom stereocenters. The highest BCUT2D eigenvalue weighted by atomic mass is 28.3. The lowest BCUT2D eigenvalue weighted by Crippen LogP contribution is -2.74. The van der Waals surface area contributed by atoms with Crippen molar-refractivity contribution in [3.63, 3.8) is 0 Å². The largest absolute Gasteiger partial charge is 0.456 e. The predicted molar refractivity (Wildman–Crippen MR) is 251 cm³/mol. The molecule has 0 radical (unpaired) electrons. The summed E-state index contributed by atoms with van der Waals surface area (Å²) < 4.78 is 11.1. The highest BCUT2D eigenvalue weighted by molar-refractivity contribution is 7.20. The van der Waals surface area contributed by atoms with Gasteiger partial charge in [0.2, 0.25) is 0 Å². The number of nitrogens with zero attached hydrogens (tertiary/aromatic N) is 3. The topological polar surface area (TPSA) is 46.8 Å². The van der Waals surface area contributed by atoms with Crippen LogP contribution >= 0.6 is 0 Å². The Hall–Kier alpha value is -7.91. The van der Waals surface area contributed by atoms with E-state index in [0.717, 1.165) is 60.6 Å². The highest BCUT2D eigenvalue weighted by Crippen LogP contribution is 2.41. The van der Waals surface area contributed by atoms with Crippen LogP contribution in [0.15, 0.2) is 217 Å². The maximum atomic E-state index is 11.1. The first-order chi connectivity index (χ1) is 29.7. The van der Waals surface area contributed by atoms with Crippen LogP contribution in [0, 0.1) is 11.3 Å². The zero-order valence-electron chi connectivity index (χ0n) is 32.5. The first kappa shape index (κ1) is 34.2. The second kappa shape index (κ2) is 13.3. The highest BCUT2D eigenvalue weighted by Gasteiger charge is 2.42. The Labute approximate surface area is 347 Å². The van der Waals surface area contributed by atoms with Crippen LogP contribution in [0.2, 0.25) is 0 Å². The van der Waals surface area contributed by atoms with Crippen LogP contribution in [0.1, 0.15) is 5.56 Å². The average Bonchev–Trinajstić information content (AvgIpc) is 3.98. The fraction of sp³-hybridized carbons (Fsp3) is 0. The molecule has 0 aliphatic rings. The van der Waals surface area contributed by atoms with Gasteiger partial charge in [0.15, 0.2) is 8.07 Å². The van der Waals surface area contributed by atoms with E-state index < -0.39 is 8.07 Å². The fourth-order valence-corrected chi connectivity index (χ4v) is 14.8. The zero-order chi connectivity index (χ0) is 39.8. The Morgan fingerprint density at radius 1 is 0.383 bits per heavy atom. The van der Waals surface area contributed by atoms with E-state index in [1.807, 2.05) is 6.07 Å². The second-order valence-corrected chi connectivity index (χ2v) is 19.3. The molecule has 0 saturated heterocycles. The van der Waals surface area contributed by atoms with Crippen molar-refractivity contribution in [2.24, 2.45) is 0 Å². The number of para-hydroxylation sites is 4. The molecule has 0 bridgehead atoms. The smallest absolute Gasteiger partial charge is 0.179 e. The normalized spacial score (nSPS) is 12.0. The number of nitriles is 1. The van der Waals surface area contributed by atoms with Crippen LogP contribution in [-0.4, -0.2) is 17.2 Å². The molecule has 12 rings (SSSR count). The van der Waals surface area contributed by atoms with E-state index in [-0.39, 0.29) is 0 Å². The minimum atomic E-state index is -3.10. The van der Waals surface area contributed by atoms with Gasteiger partial charge >= 0.3 is 0 Å². The van der Waals surface area contributed by atoms with E-state index >= 15 is 0 Å². The van der Waals surface area contributed by atoms with Gasteiger partial charge in [0.1, 0.15) is 17.2 Å². The molecule has 9 aromatic carbocycles. The molecule has 0 saturated carbocycles. The van der Waals surface area contributed by atoms with Gasteiger partial charge in [-0.25, -0.2) is 0 Å². The number of hydrogen-bond donors (Lipinski definition) is 0. The molecule has 12 aromatic rings. The maximum absolute atomic E-state index is 11.1. The summed E-state index contributed by atoms with van der Waals surface area (Å²) >= 11 is 0. The van der Waals surface area contributed by atoms with Crippen molar-refractivity contribution in [1.82, 2.24) is 9.13 Å². The summed E-state index contributed by atoms with van der Waals surface area (Å²) in [6.07, 6.45) is 0. The van der Waals surface area contributed by atoms with Crippen LogP contribution in [0.3, 0.4) is 0 Å². The predicted octanol–water partition coefficient (Wildman–Crippen LogP) is 11.0. The summed E-state index contributed by atoms with van der Waals surface area (Å²) in [4.78, 5) is 0. The van der Waals surface area contributed by atoms with E-state index in [1.165, 1.54) is 37.1 Å². The van der Waals surface area contributed by atoms with E-state index in [1.54, 1.807) is 0 Å². The first-order valence-corrected chi connectivity index (χ1v) is 22.3. The third kappa shape index (κ3) is 4.83. The molecule has 0 aliphatic heterocycles. The molecule has 0 unspecified atom stereocenters. The van der Waals surface area contributed by atoms with Gasteiger partial charge in [0.05, 0.1) is 33.3 Å². The maximum Gasteiger partial charge on any atom is 0.179 e. The number of aromatic nitrogens is 2. The quantitative estimate of drug-likeness (QED) is 0.125. The van der Waals surface area contributed by atoms with E-state index in [4.69, 9.17) is 4.42 Å². The summed E-state index contributed by atoms with van der Waals surface area (Å²) in [5, 5.41) is 22.9. The van der Waals surface area contributed by atoms with Crippen molar-refractivity contribution >= 4 is 94.4 Å². The van der Waals surface area contributed by atoms with Crippen LogP contribution in [-0.2, 0) is 0 Å². The SMILES string of the molecule is N#Cc1cc([Si](c2ccccc2)(c2ccccc2)c2cccc(-n3c4ccccc4c4c5c(ccc43)oc3ccccc35)c2)ccc1-n1c2ccccc2c2ccccc21. The molecule has 0 aliphatic carbocycles. The van der Waals surface area contributed by atoms with Crippen molar-refractivity contribution in [1.29, 1.82) is 5.26 Å². The number of benzene rings is 9. The number of hydrogen-bond acceptors (Lipinski definition) is 2. The molecule has 5 heteroatoms. The summed E-state index contributed by atoms with van der Waals surface area (Å²) in [5.41, 5.74) is 8.79. The standard InChI is InChI=1S/C55H35N3OSi/c56-36-37-34-42(30-31-47(37)58-48-26-11-7-22-43(48)44-23-8-12-27-49(44)58)60(39-17-3-1-4-18-39,40-19-5-2-6-20-40)41-21-15-16-38(35-41)57-50-28-13-9-24-45(50)54-51(57)32-33-53-55(54)46-25-10-14-29-52(46)59-53/h1-35H. The Morgan fingerprint density at radius 2 is 0.933 bits per heavy atom. The molecule has 280 valence electrons. The van der Waals surface area contributed by atoms with Crippen molar-refractivity contribution in [2.75, 3.05) is 0 Å². The molecule has 60 heavy (non-hydrogen) atoms. The van der Waals surface area contributed by atoms with Gasteiger partial charge in [0, 0.05) is 38.0 Å². The van der Waals surface area contributed by atoms with Crippen molar-refractivity contribution in [2.45, 2.75) is 0 Å². The molecule has 3 aromatic heterocycles. The molecular formula is C55H35N3OSi. The zero-order valence-corrected chi connectivity index (χ0v) is 33.5. The van der Waals surface area contributed by atoms with E-state index in [9.17, 15) is 5.26 Å². The van der Waals surface area contributed by atoms with E-state index in [2.05, 4.69) is 221 Å². The van der Waals surface area contributed by atoms with Gasteiger partial charge in [-0.15, -0.1) is 0 Å². The van der Waals surface area contributed by atoms with Crippen molar-refractivity contribution in [3.8, 4) is 17.4 Å². The molecule has 0 fully saturated rings. The average molecular weight is 782 g/mol. The molecule has 0 amide bonds. The van der Waals surface area contributed by atoms with Crippen molar-refractivity contribution < 1.29 is 4.42 Å². The molecular weight excluding hydrogens is 747 g/mol. The van der Waals surface area contributed by atoms with Crippen LogP contribution in [0.25, 0.3) is 76.9 Å². The fourth-order valence-electron chi connectivity index (χ4n) is 10.0.